The number of esters is 1. The molecule has 1 atom stereocenters. The van der Waals surface area contributed by atoms with E-state index in [2.05, 4.69) is 10.1 Å². The molecule has 5 nitrogen and oxygen atoms in total. The smallest absolute Gasteiger partial charge is 0.328 e. The van der Waals surface area contributed by atoms with Gasteiger partial charge >= 0.3 is 5.97 Å². The van der Waals surface area contributed by atoms with E-state index in [0.717, 1.165) is 5.56 Å². The first-order valence-corrected chi connectivity index (χ1v) is 6.11. The maximum Gasteiger partial charge on any atom is 0.328 e. The first kappa shape index (κ1) is 15.0. The zero-order chi connectivity index (χ0) is 14.6. The zero-order valence-electron chi connectivity index (χ0n) is 11.7. The summed E-state index contributed by atoms with van der Waals surface area (Å²) in [6.45, 7) is 5.54. The van der Waals surface area contributed by atoms with Crippen LogP contribution in [-0.2, 0) is 9.53 Å². The highest BCUT2D eigenvalue weighted by atomic mass is 16.5. The monoisotopic (exact) mass is 264 g/mol. The minimum absolute atomic E-state index is 0.0672. The van der Waals surface area contributed by atoms with Crippen LogP contribution in [0.1, 0.15) is 29.8 Å². The van der Waals surface area contributed by atoms with Gasteiger partial charge < -0.3 is 15.8 Å². The van der Waals surface area contributed by atoms with Crippen LogP contribution in [0.25, 0.3) is 0 Å². The molecule has 104 valence electrons. The molecule has 0 radical (unpaired) electrons. The summed E-state index contributed by atoms with van der Waals surface area (Å²) in [6.07, 6.45) is 0. The number of aryl methyl sites for hydroxylation is 1. The van der Waals surface area contributed by atoms with E-state index >= 15 is 0 Å². The molecule has 1 unspecified atom stereocenters. The number of nitrogens with two attached hydrogens (primary N) is 1. The maximum absolute atomic E-state index is 12.2. The highest BCUT2D eigenvalue weighted by Gasteiger charge is 2.25. The molecule has 1 amide bonds. The van der Waals surface area contributed by atoms with Crippen LogP contribution in [0.3, 0.4) is 0 Å². The Morgan fingerprint density at radius 2 is 1.95 bits per heavy atom. The Morgan fingerprint density at radius 3 is 2.47 bits per heavy atom. The normalized spacial score (nSPS) is 12.1. The van der Waals surface area contributed by atoms with E-state index in [4.69, 9.17) is 5.73 Å². The molecule has 5 heteroatoms. The molecule has 3 N–H and O–H groups in total. The van der Waals surface area contributed by atoms with Gasteiger partial charge in [0.05, 0.1) is 12.7 Å². The Kier molecular flexibility index (Phi) is 4.92. The number of hydrogen-bond donors (Lipinski definition) is 2. The molecule has 0 aliphatic rings. The summed E-state index contributed by atoms with van der Waals surface area (Å²) in [6, 6.07) is 4.51. The van der Waals surface area contributed by atoms with E-state index in [0.29, 0.717) is 11.3 Å². The molecule has 1 rings (SSSR count). The summed E-state index contributed by atoms with van der Waals surface area (Å²) >= 11 is 0. The molecular weight excluding hydrogens is 244 g/mol. The van der Waals surface area contributed by atoms with Crippen LogP contribution in [0, 0.1) is 12.8 Å². The highest BCUT2D eigenvalue weighted by molar-refractivity contribution is 6.01. The van der Waals surface area contributed by atoms with Crippen LogP contribution in [0.15, 0.2) is 18.2 Å². The molecule has 19 heavy (non-hydrogen) atoms. The van der Waals surface area contributed by atoms with E-state index in [1.807, 2.05) is 26.8 Å². The highest BCUT2D eigenvalue weighted by Crippen LogP contribution is 2.14. The van der Waals surface area contributed by atoms with Gasteiger partial charge in [0, 0.05) is 5.69 Å². The number of nitrogens with one attached hydrogen (secondary N) is 1. The fraction of sp³-hybridized carbons (Fsp3) is 0.429. The number of benzene rings is 1. The summed E-state index contributed by atoms with van der Waals surface area (Å²) in [5, 5.41) is 2.66. The number of carbonyl (C=O) groups excluding carboxylic acids is 2. The molecule has 0 fully saturated rings. The molecule has 0 saturated heterocycles. The molecule has 1 aromatic carbocycles. The summed E-state index contributed by atoms with van der Waals surface area (Å²) in [4.78, 5) is 23.8. The molecule has 0 spiro atoms. The Labute approximate surface area is 113 Å². The lowest BCUT2D eigenvalue weighted by Crippen LogP contribution is -2.45. The van der Waals surface area contributed by atoms with Crippen LogP contribution in [0.5, 0.6) is 0 Å². The van der Waals surface area contributed by atoms with E-state index < -0.39 is 12.0 Å². The van der Waals surface area contributed by atoms with Crippen molar-refractivity contribution < 1.29 is 14.3 Å². The second-order valence-electron chi connectivity index (χ2n) is 4.81. The lowest BCUT2D eigenvalue weighted by molar-refractivity contribution is -0.144. The number of amides is 1. The van der Waals surface area contributed by atoms with Crippen molar-refractivity contribution in [1.82, 2.24) is 5.32 Å². The number of ether oxygens (including phenoxy) is 1. The number of anilines is 1. The van der Waals surface area contributed by atoms with Gasteiger partial charge in [-0.3, -0.25) is 4.79 Å². The van der Waals surface area contributed by atoms with E-state index in [9.17, 15) is 9.59 Å². The third kappa shape index (κ3) is 3.71. The number of carbonyl (C=O) groups is 2. The molecule has 1 aromatic rings. The Bertz CT molecular complexity index is 484. The fourth-order valence-electron chi connectivity index (χ4n) is 1.71. The van der Waals surface area contributed by atoms with Gasteiger partial charge in [-0.25, -0.2) is 4.79 Å². The molecule has 0 heterocycles. The van der Waals surface area contributed by atoms with Gasteiger partial charge in [0.15, 0.2) is 0 Å². The molecule has 0 bridgehead atoms. The molecular formula is C14H20N2O3. The molecule has 0 saturated carbocycles. The van der Waals surface area contributed by atoms with E-state index in [1.54, 1.807) is 12.1 Å². The first-order chi connectivity index (χ1) is 8.86. The molecule has 0 aromatic heterocycles. The Hall–Kier alpha value is -2.04. The third-order valence-corrected chi connectivity index (χ3v) is 2.86. The van der Waals surface area contributed by atoms with Gasteiger partial charge in [-0.2, -0.15) is 0 Å². The minimum atomic E-state index is -0.683. The van der Waals surface area contributed by atoms with Crippen LogP contribution >= 0.6 is 0 Å². The van der Waals surface area contributed by atoms with Crippen LogP contribution in [0.2, 0.25) is 0 Å². The van der Waals surface area contributed by atoms with Crippen molar-refractivity contribution in [2.24, 2.45) is 5.92 Å². The van der Waals surface area contributed by atoms with Crippen molar-refractivity contribution in [2.75, 3.05) is 12.8 Å². The van der Waals surface area contributed by atoms with Crippen LogP contribution in [0.4, 0.5) is 5.69 Å². The van der Waals surface area contributed by atoms with Gasteiger partial charge in [0.2, 0.25) is 0 Å². The summed E-state index contributed by atoms with van der Waals surface area (Å²) in [5.41, 5.74) is 7.46. The van der Waals surface area contributed by atoms with Gasteiger partial charge in [0.1, 0.15) is 6.04 Å². The largest absolute Gasteiger partial charge is 0.467 e. The summed E-state index contributed by atoms with van der Waals surface area (Å²) in [7, 11) is 1.30. The average Bonchev–Trinajstić information content (AvgIpc) is 2.37. The average molecular weight is 264 g/mol. The SMILES string of the molecule is COC(=O)C(NC(=O)c1cc(C)ccc1N)C(C)C. The number of methoxy groups -OCH3 is 1. The second-order valence-corrected chi connectivity index (χ2v) is 4.81. The predicted octanol–water partition coefficient (Wildman–Crippen LogP) is 1.50. The van der Waals surface area contributed by atoms with E-state index in [-0.39, 0.29) is 11.8 Å². The molecule has 0 aliphatic carbocycles. The lowest BCUT2D eigenvalue weighted by atomic mass is 10.0. The second kappa shape index (κ2) is 6.22. The standard InChI is InChI=1S/C14H20N2O3/c1-8(2)12(14(18)19-4)16-13(17)10-7-9(3)5-6-11(10)15/h5-8,12H,15H2,1-4H3,(H,16,17). The topological polar surface area (TPSA) is 81.4 Å². The quantitative estimate of drug-likeness (QED) is 0.638. The number of rotatable bonds is 4. The number of nitrogen functional groups attached to an aromatic ring is 1. The van der Waals surface area contributed by atoms with Crippen molar-refractivity contribution in [3.05, 3.63) is 29.3 Å². The van der Waals surface area contributed by atoms with Crippen molar-refractivity contribution >= 4 is 17.6 Å². The third-order valence-electron chi connectivity index (χ3n) is 2.86. The zero-order valence-corrected chi connectivity index (χ0v) is 11.7. The Balaban J connectivity index is 2.94. The van der Waals surface area contributed by atoms with Gasteiger partial charge in [-0.1, -0.05) is 25.5 Å². The predicted molar refractivity (Wildman–Crippen MR) is 73.7 cm³/mol. The van der Waals surface area contributed by atoms with Gasteiger partial charge in [-0.05, 0) is 25.0 Å². The van der Waals surface area contributed by atoms with Gasteiger partial charge in [0.25, 0.3) is 5.91 Å². The van der Waals surface area contributed by atoms with Crippen molar-refractivity contribution in [2.45, 2.75) is 26.8 Å². The van der Waals surface area contributed by atoms with Crippen LogP contribution in [-0.4, -0.2) is 25.0 Å². The lowest BCUT2D eigenvalue weighted by Gasteiger charge is -2.20. The van der Waals surface area contributed by atoms with Crippen LogP contribution < -0.4 is 11.1 Å². The van der Waals surface area contributed by atoms with E-state index in [1.165, 1.54) is 7.11 Å². The summed E-state index contributed by atoms with van der Waals surface area (Å²) < 4.78 is 4.68. The Morgan fingerprint density at radius 1 is 1.32 bits per heavy atom. The maximum atomic E-state index is 12.2. The fourth-order valence-corrected chi connectivity index (χ4v) is 1.71. The number of hydrogen-bond acceptors (Lipinski definition) is 4. The van der Waals surface area contributed by atoms with Crippen molar-refractivity contribution in [3.8, 4) is 0 Å². The minimum Gasteiger partial charge on any atom is -0.467 e. The van der Waals surface area contributed by atoms with Crippen molar-refractivity contribution in [3.63, 3.8) is 0 Å². The van der Waals surface area contributed by atoms with Crippen molar-refractivity contribution in [1.29, 1.82) is 0 Å². The summed E-state index contributed by atoms with van der Waals surface area (Å²) in [5.74, 6) is -0.901. The first-order valence-electron chi connectivity index (χ1n) is 6.11. The molecule has 0 aliphatic heterocycles. The van der Waals surface area contributed by atoms with Gasteiger partial charge in [-0.15, -0.1) is 0 Å².